The molecule has 0 heterocycles. The molecule has 2 aromatic carbocycles. The molecule has 0 aliphatic rings. The standard InChI is InChI=1S/C20H24N6O6S2/c1-13(27)23-15-3-5-17(19(11-15)25(29)30)21-7-9-33-34-10-8-22-18-6-4-16(24-14(2)28)12-20(18)26(31)32/h3-6,11-12,21-22H,7-10H2,1-2H3,(H,23,27)(H,24,28). The fourth-order valence-corrected chi connectivity index (χ4v) is 4.61. The molecule has 34 heavy (non-hydrogen) atoms. The second-order valence-electron chi connectivity index (χ2n) is 6.84. The smallest absolute Gasteiger partial charge is 0.294 e. The van der Waals surface area contributed by atoms with E-state index in [1.165, 1.54) is 26.0 Å². The fraction of sp³-hybridized carbons (Fsp3) is 0.300. The summed E-state index contributed by atoms with van der Waals surface area (Å²) in [4.78, 5) is 43.8. The molecule has 14 heteroatoms. The van der Waals surface area contributed by atoms with Crippen LogP contribution in [0.4, 0.5) is 34.1 Å². The summed E-state index contributed by atoms with van der Waals surface area (Å²) in [5, 5.41) is 33.7. The van der Waals surface area contributed by atoms with E-state index in [1.807, 2.05) is 0 Å². The highest BCUT2D eigenvalue weighted by Crippen LogP contribution is 2.30. The van der Waals surface area contributed by atoms with Gasteiger partial charge in [0.15, 0.2) is 0 Å². The Morgan fingerprint density at radius 3 is 1.47 bits per heavy atom. The van der Waals surface area contributed by atoms with Gasteiger partial charge in [-0.1, -0.05) is 21.6 Å². The molecule has 2 aromatic rings. The molecule has 0 aliphatic carbocycles. The Morgan fingerprint density at radius 1 is 0.765 bits per heavy atom. The molecular formula is C20H24N6O6S2. The lowest BCUT2D eigenvalue weighted by molar-refractivity contribution is -0.384. The zero-order valence-electron chi connectivity index (χ0n) is 18.5. The molecule has 0 unspecified atom stereocenters. The summed E-state index contributed by atoms with van der Waals surface area (Å²) in [6.07, 6.45) is 0. The minimum Gasteiger partial charge on any atom is -0.379 e. The molecule has 2 amide bonds. The maximum Gasteiger partial charge on any atom is 0.294 e. The van der Waals surface area contributed by atoms with Gasteiger partial charge in [0.25, 0.3) is 11.4 Å². The Morgan fingerprint density at radius 2 is 1.15 bits per heavy atom. The second-order valence-corrected chi connectivity index (χ2v) is 9.54. The van der Waals surface area contributed by atoms with Crippen molar-refractivity contribution >= 4 is 67.5 Å². The number of nitro groups is 2. The number of carbonyl (C=O) groups excluding carboxylic acids is 2. The second kappa shape index (κ2) is 13.3. The van der Waals surface area contributed by atoms with Gasteiger partial charge >= 0.3 is 0 Å². The minimum absolute atomic E-state index is 0.126. The number of carbonyl (C=O) groups is 2. The topological polar surface area (TPSA) is 169 Å². The Balaban J connectivity index is 1.74. The molecule has 0 saturated heterocycles. The van der Waals surface area contributed by atoms with E-state index in [1.54, 1.807) is 45.9 Å². The van der Waals surface area contributed by atoms with Crippen molar-refractivity contribution in [2.24, 2.45) is 0 Å². The Hall–Kier alpha value is -3.52. The van der Waals surface area contributed by atoms with Gasteiger partial charge < -0.3 is 21.3 Å². The molecule has 4 N–H and O–H groups in total. The van der Waals surface area contributed by atoms with Crippen LogP contribution in [-0.2, 0) is 9.59 Å². The van der Waals surface area contributed by atoms with Crippen LogP contribution in [-0.4, -0.2) is 46.3 Å². The Labute approximate surface area is 203 Å². The maximum atomic E-state index is 11.3. The molecule has 0 aliphatic heterocycles. The van der Waals surface area contributed by atoms with Gasteiger partial charge in [-0.05, 0) is 24.3 Å². The fourth-order valence-electron chi connectivity index (χ4n) is 2.80. The van der Waals surface area contributed by atoms with Crippen molar-refractivity contribution in [2.45, 2.75) is 13.8 Å². The van der Waals surface area contributed by atoms with Crippen molar-refractivity contribution in [3.05, 3.63) is 56.6 Å². The van der Waals surface area contributed by atoms with Crippen molar-refractivity contribution in [3.8, 4) is 0 Å². The highest BCUT2D eigenvalue weighted by Gasteiger charge is 2.16. The number of anilines is 4. The first-order valence-electron chi connectivity index (χ1n) is 10.0. The van der Waals surface area contributed by atoms with Crippen LogP contribution in [0, 0.1) is 20.2 Å². The highest BCUT2D eigenvalue weighted by atomic mass is 33.1. The van der Waals surface area contributed by atoms with E-state index in [9.17, 15) is 29.8 Å². The number of hydrogen-bond donors (Lipinski definition) is 4. The van der Waals surface area contributed by atoms with Crippen LogP contribution < -0.4 is 21.3 Å². The summed E-state index contributed by atoms with van der Waals surface area (Å²) in [6.45, 7) is 3.63. The van der Waals surface area contributed by atoms with Gasteiger partial charge in [0.1, 0.15) is 11.4 Å². The van der Waals surface area contributed by atoms with E-state index < -0.39 is 9.85 Å². The number of nitro benzene ring substituents is 2. The Kier molecular flexibility index (Phi) is 10.4. The maximum absolute atomic E-state index is 11.3. The third-order valence-corrected chi connectivity index (χ3v) is 6.52. The van der Waals surface area contributed by atoms with E-state index in [0.717, 1.165) is 0 Å². The van der Waals surface area contributed by atoms with Gasteiger partial charge in [-0.3, -0.25) is 29.8 Å². The summed E-state index contributed by atoms with van der Waals surface area (Å²) in [5.74, 6) is 0.714. The first-order chi connectivity index (χ1) is 16.2. The molecule has 0 bridgehead atoms. The quantitative estimate of drug-likeness (QED) is 0.132. The average Bonchev–Trinajstić information content (AvgIpc) is 2.76. The lowest BCUT2D eigenvalue weighted by atomic mass is 10.2. The van der Waals surface area contributed by atoms with Crippen LogP contribution in [0.2, 0.25) is 0 Å². The van der Waals surface area contributed by atoms with Crippen molar-refractivity contribution in [2.75, 3.05) is 45.9 Å². The van der Waals surface area contributed by atoms with E-state index in [0.29, 0.717) is 47.3 Å². The van der Waals surface area contributed by atoms with Gasteiger partial charge in [-0.15, -0.1) is 0 Å². The van der Waals surface area contributed by atoms with E-state index in [-0.39, 0.29) is 23.2 Å². The van der Waals surface area contributed by atoms with Crippen molar-refractivity contribution in [1.29, 1.82) is 0 Å². The number of rotatable bonds is 13. The SMILES string of the molecule is CC(=O)Nc1ccc(NCCSSCCNc2ccc(NC(C)=O)cc2[N+](=O)[O-])c([N+](=O)[O-])c1. The predicted octanol–water partition coefficient (Wildman–Crippen LogP) is 4.33. The number of nitrogens with one attached hydrogen (secondary N) is 4. The molecule has 0 atom stereocenters. The summed E-state index contributed by atoms with van der Waals surface area (Å²) >= 11 is 0. The number of hydrogen-bond acceptors (Lipinski definition) is 10. The number of nitrogens with zero attached hydrogens (tertiary/aromatic N) is 2. The summed E-state index contributed by atoms with van der Waals surface area (Å²) in [6, 6.07) is 8.89. The first-order valence-corrected chi connectivity index (χ1v) is 12.5. The zero-order chi connectivity index (χ0) is 25.1. The van der Waals surface area contributed by atoms with E-state index in [2.05, 4.69) is 21.3 Å². The van der Waals surface area contributed by atoms with Crippen LogP contribution in [0.3, 0.4) is 0 Å². The predicted molar refractivity (Wildman–Crippen MR) is 137 cm³/mol. The van der Waals surface area contributed by atoms with Crippen LogP contribution >= 0.6 is 21.6 Å². The van der Waals surface area contributed by atoms with E-state index in [4.69, 9.17) is 0 Å². The zero-order valence-corrected chi connectivity index (χ0v) is 20.1. The molecule has 182 valence electrons. The molecule has 0 aromatic heterocycles. The molecule has 12 nitrogen and oxygen atoms in total. The summed E-state index contributed by atoms with van der Waals surface area (Å²) in [7, 11) is 3.12. The molecule has 0 saturated carbocycles. The molecule has 0 radical (unpaired) electrons. The van der Waals surface area contributed by atoms with Gasteiger partial charge in [-0.25, -0.2) is 0 Å². The van der Waals surface area contributed by atoms with Gasteiger partial charge in [-0.2, -0.15) is 0 Å². The molecule has 0 spiro atoms. The lowest BCUT2D eigenvalue weighted by Gasteiger charge is -2.10. The minimum atomic E-state index is -0.511. The van der Waals surface area contributed by atoms with Crippen LogP contribution in [0.1, 0.15) is 13.8 Å². The van der Waals surface area contributed by atoms with Gasteiger partial charge in [0, 0.05) is 62.0 Å². The molecule has 2 rings (SSSR count). The monoisotopic (exact) mass is 508 g/mol. The van der Waals surface area contributed by atoms with Crippen LogP contribution in [0.25, 0.3) is 0 Å². The van der Waals surface area contributed by atoms with Crippen LogP contribution in [0.5, 0.6) is 0 Å². The number of benzene rings is 2. The summed E-state index contributed by atoms with van der Waals surface area (Å²) < 4.78 is 0. The van der Waals surface area contributed by atoms with E-state index >= 15 is 0 Å². The highest BCUT2D eigenvalue weighted by molar-refractivity contribution is 8.76. The molecule has 0 fully saturated rings. The van der Waals surface area contributed by atoms with Gasteiger partial charge in [0.05, 0.1) is 9.85 Å². The third kappa shape index (κ3) is 8.78. The van der Waals surface area contributed by atoms with Crippen molar-refractivity contribution in [3.63, 3.8) is 0 Å². The Bertz CT molecular complexity index is 984. The van der Waals surface area contributed by atoms with Gasteiger partial charge in [0.2, 0.25) is 11.8 Å². The summed E-state index contributed by atoms with van der Waals surface area (Å²) in [5.41, 5.74) is 1.18. The number of amides is 2. The normalized spacial score (nSPS) is 10.3. The first kappa shape index (κ1) is 26.7. The molecular weight excluding hydrogens is 484 g/mol. The third-order valence-electron chi connectivity index (χ3n) is 4.11. The lowest BCUT2D eigenvalue weighted by Crippen LogP contribution is -2.09. The largest absolute Gasteiger partial charge is 0.379 e. The van der Waals surface area contributed by atoms with Crippen LogP contribution in [0.15, 0.2) is 36.4 Å². The average molecular weight is 509 g/mol. The van der Waals surface area contributed by atoms with Crippen molar-refractivity contribution in [1.82, 2.24) is 0 Å². The van der Waals surface area contributed by atoms with Crippen molar-refractivity contribution < 1.29 is 19.4 Å².